The zero-order valence-corrected chi connectivity index (χ0v) is 11.6. The van der Waals surface area contributed by atoms with Crippen molar-refractivity contribution in [2.75, 3.05) is 18.4 Å². The normalized spacial score (nSPS) is 9.70. The maximum atomic E-state index is 11.6. The zero-order valence-electron chi connectivity index (χ0n) is 11.6. The van der Waals surface area contributed by atoms with Crippen molar-refractivity contribution in [3.05, 3.63) is 29.8 Å². The van der Waals surface area contributed by atoms with E-state index in [1.54, 1.807) is 24.3 Å². The Labute approximate surface area is 118 Å². The highest BCUT2D eigenvalue weighted by Gasteiger charge is 2.08. The van der Waals surface area contributed by atoms with Crippen molar-refractivity contribution in [1.29, 1.82) is 5.26 Å². The van der Waals surface area contributed by atoms with Gasteiger partial charge in [-0.25, -0.2) is 4.79 Å². The van der Waals surface area contributed by atoms with Crippen LogP contribution in [0.2, 0.25) is 0 Å². The number of imide groups is 1. The van der Waals surface area contributed by atoms with Gasteiger partial charge in [-0.3, -0.25) is 10.1 Å². The Morgan fingerprint density at radius 2 is 2.00 bits per heavy atom. The fourth-order valence-corrected chi connectivity index (χ4v) is 1.42. The SMILES string of the molecule is CC(C)CNC(=O)NC(=O)CNc1ccccc1C#N. The molecule has 0 radical (unpaired) electrons. The summed E-state index contributed by atoms with van der Waals surface area (Å²) in [6, 6.07) is 8.35. The van der Waals surface area contributed by atoms with Crippen LogP contribution in [0.15, 0.2) is 24.3 Å². The van der Waals surface area contributed by atoms with E-state index in [4.69, 9.17) is 5.26 Å². The van der Waals surface area contributed by atoms with Gasteiger partial charge >= 0.3 is 6.03 Å². The van der Waals surface area contributed by atoms with Crippen LogP contribution in [0, 0.1) is 17.2 Å². The summed E-state index contributed by atoms with van der Waals surface area (Å²) in [5.74, 6) is -0.143. The zero-order chi connectivity index (χ0) is 15.0. The number of carbonyl (C=O) groups excluding carboxylic acids is 2. The van der Waals surface area contributed by atoms with Gasteiger partial charge in [-0.1, -0.05) is 26.0 Å². The largest absolute Gasteiger partial charge is 0.375 e. The third kappa shape index (κ3) is 5.40. The van der Waals surface area contributed by atoms with Crippen LogP contribution in [-0.2, 0) is 4.79 Å². The lowest BCUT2D eigenvalue weighted by Crippen LogP contribution is -2.43. The molecule has 0 bridgehead atoms. The van der Waals surface area contributed by atoms with E-state index in [1.807, 2.05) is 19.9 Å². The number of urea groups is 1. The van der Waals surface area contributed by atoms with Gasteiger partial charge in [0, 0.05) is 6.54 Å². The van der Waals surface area contributed by atoms with Crippen molar-refractivity contribution in [2.24, 2.45) is 5.92 Å². The summed E-state index contributed by atoms with van der Waals surface area (Å²) in [5, 5.41) is 16.5. The number of benzene rings is 1. The number of rotatable bonds is 5. The minimum atomic E-state index is -0.515. The van der Waals surface area contributed by atoms with Gasteiger partial charge in [0.15, 0.2) is 0 Å². The molecule has 0 fully saturated rings. The monoisotopic (exact) mass is 274 g/mol. The van der Waals surface area contributed by atoms with Gasteiger partial charge in [-0.15, -0.1) is 0 Å². The first-order valence-corrected chi connectivity index (χ1v) is 6.33. The van der Waals surface area contributed by atoms with Crippen LogP contribution in [0.1, 0.15) is 19.4 Å². The first-order valence-electron chi connectivity index (χ1n) is 6.33. The van der Waals surface area contributed by atoms with Crippen LogP contribution in [0.25, 0.3) is 0 Å². The molecule has 0 atom stereocenters. The molecule has 20 heavy (non-hydrogen) atoms. The first kappa shape index (κ1) is 15.5. The summed E-state index contributed by atoms with van der Waals surface area (Å²) in [5.41, 5.74) is 1.01. The molecule has 3 amide bonds. The molecule has 6 heteroatoms. The van der Waals surface area contributed by atoms with Crippen molar-refractivity contribution in [3.63, 3.8) is 0 Å². The molecule has 0 aliphatic carbocycles. The molecule has 0 unspecified atom stereocenters. The van der Waals surface area contributed by atoms with E-state index in [1.165, 1.54) is 0 Å². The molecule has 3 N–H and O–H groups in total. The predicted octanol–water partition coefficient (Wildman–Crippen LogP) is 1.45. The Morgan fingerprint density at radius 3 is 2.65 bits per heavy atom. The Bertz CT molecular complexity index is 520. The molecule has 0 saturated heterocycles. The fourth-order valence-electron chi connectivity index (χ4n) is 1.42. The number of hydrogen-bond donors (Lipinski definition) is 3. The second-order valence-corrected chi connectivity index (χ2v) is 4.66. The van der Waals surface area contributed by atoms with Crippen molar-refractivity contribution < 1.29 is 9.59 Å². The van der Waals surface area contributed by atoms with E-state index in [0.717, 1.165) is 0 Å². The van der Waals surface area contributed by atoms with Gasteiger partial charge < -0.3 is 10.6 Å². The standard InChI is InChI=1S/C14H18N4O2/c1-10(2)8-17-14(20)18-13(19)9-16-12-6-4-3-5-11(12)7-15/h3-6,10,16H,8-9H2,1-2H3,(H2,17,18,19,20). The fraction of sp³-hybridized carbons (Fsp3) is 0.357. The molecular weight excluding hydrogens is 256 g/mol. The average Bonchev–Trinajstić information content (AvgIpc) is 2.43. The number of nitrogens with one attached hydrogen (secondary N) is 3. The lowest BCUT2D eigenvalue weighted by Gasteiger charge is -2.10. The van der Waals surface area contributed by atoms with Crippen LogP contribution in [0.4, 0.5) is 10.5 Å². The van der Waals surface area contributed by atoms with Gasteiger partial charge in [0.2, 0.25) is 5.91 Å². The summed E-state index contributed by atoms with van der Waals surface area (Å²) in [6.45, 7) is 4.35. The van der Waals surface area contributed by atoms with E-state index in [2.05, 4.69) is 16.0 Å². The Balaban J connectivity index is 2.40. The van der Waals surface area contributed by atoms with Crippen molar-refractivity contribution in [2.45, 2.75) is 13.8 Å². The molecule has 106 valence electrons. The van der Waals surface area contributed by atoms with Crippen molar-refractivity contribution >= 4 is 17.6 Å². The molecule has 0 heterocycles. The third-order valence-corrected chi connectivity index (χ3v) is 2.41. The topological polar surface area (TPSA) is 94.0 Å². The molecular formula is C14H18N4O2. The van der Waals surface area contributed by atoms with E-state index < -0.39 is 11.9 Å². The van der Waals surface area contributed by atoms with Crippen LogP contribution < -0.4 is 16.0 Å². The van der Waals surface area contributed by atoms with Crippen LogP contribution >= 0.6 is 0 Å². The summed E-state index contributed by atoms with van der Waals surface area (Å²) < 4.78 is 0. The average molecular weight is 274 g/mol. The second kappa shape index (κ2) is 7.79. The van der Waals surface area contributed by atoms with E-state index >= 15 is 0 Å². The Morgan fingerprint density at radius 1 is 1.30 bits per heavy atom. The predicted molar refractivity (Wildman–Crippen MR) is 76.0 cm³/mol. The van der Waals surface area contributed by atoms with Gasteiger partial charge in [-0.05, 0) is 18.1 Å². The van der Waals surface area contributed by atoms with Crippen LogP contribution in [0.5, 0.6) is 0 Å². The highest BCUT2D eigenvalue weighted by atomic mass is 16.2. The summed E-state index contributed by atoms with van der Waals surface area (Å²) in [4.78, 5) is 22.9. The number of nitriles is 1. The molecule has 0 aliphatic rings. The molecule has 0 spiro atoms. The van der Waals surface area contributed by atoms with Gasteiger partial charge in [0.25, 0.3) is 0 Å². The van der Waals surface area contributed by atoms with E-state index in [9.17, 15) is 9.59 Å². The first-order chi connectivity index (χ1) is 9.52. The number of hydrogen-bond acceptors (Lipinski definition) is 4. The highest BCUT2D eigenvalue weighted by Crippen LogP contribution is 2.12. The summed E-state index contributed by atoms with van der Waals surface area (Å²) in [7, 11) is 0. The molecule has 1 aromatic carbocycles. The summed E-state index contributed by atoms with van der Waals surface area (Å²) in [6.07, 6.45) is 0. The number of anilines is 1. The molecule has 1 rings (SSSR count). The third-order valence-electron chi connectivity index (χ3n) is 2.41. The quantitative estimate of drug-likeness (QED) is 0.757. The lowest BCUT2D eigenvalue weighted by atomic mass is 10.2. The highest BCUT2D eigenvalue weighted by molar-refractivity contribution is 5.96. The van der Waals surface area contributed by atoms with E-state index in [-0.39, 0.29) is 6.54 Å². The number of carbonyl (C=O) groups is 2. The van der Waals surface area contributed by atoms with Gasteiger partial charge in [0.1, 0.15) is 6.07 Å². The maximum absolute atomic E-state index is 11.6. The van der Waals surface area contributed by atoms with Crippen LogP contribution in [-0.4, -0.2) is 25.0 Å². The van der Waals surface area contributed by atoms with Crippen LogP contribution in [0.3, 0.4) is 0 Å². The molecule has 0 saturated carbocycles. The minimum absolute atomic E-state index is 0.0756. The Kier molecular flexibility index (Phi) is 6.04. The van der Waals surface area contributed by atoms with Crippen molar-refractivity contribution in [3.8, 4) is 6.07 Å². The van der Waals surface area contributed by atoms with E-state index in [0.29, 0.717) is 23.7 Å². The summed E-state index contributed by atoms with van der Waals surface area (Å²) >= 11 is 0. The number of amides is 3. The minimum Gasteiger partial charge on any atom is -0.375 e. The molecule has 1 aromatic rings. The lowest BCUT2D eigenvalue weighted by molar-refractivity contribution is -0.118. The van der Waals surface area contributed by atoms with Gasteiger partial charge in [0.05, 0.1) is 17.8 Å². The molecule has 0 aliphatic heterocycles. The molecule has 0 aromatic heterocycles. The maximum Gasteiger partial charge on any atom is 0.321 e. The second-order valence-electron chi connectivity index (χ2n) is 4.66. The number of nitrogens with zero attached hydrogens (tertiary/aromatic N) is 1. The van der Waals surface area contributed by atoms with Crippen molar-refractivity contribution in [1.82, 2.24) is 10.6 Å². The molecule has 6 nitrogen and oxygen atoms in total. The van der Waals surface area contributed by atoms with Gasteiger partial charge in [-0.2, -0.15) is 5.26 Å². The Hall–Kier alpha value is -2.55. The smallest absolute Gasteiger partial charge is 0.321 e. The number of para-hydroxylation sites is 1.